The fourth-order valence-corrected chi connectivity index (χ4v) is 4.07. The van der Waals surface area contributed by atoms with Gasteiger partial charge >= 0.3 is 0 Å². The summed E-state index contributed by atoms with van der Waals surface area (Å²) in [5.41, 5.74) is 5.34. The topological polar surface area (TPSA) is 43.1 Å². The SMILES string of the molecule is NC(=O)C12[CH]C3CC(CC(C3)C1)C2. The fraction of sp³-hybridized carbons (Fsp3) is 0.818. The first-order valence-corrected chi connectivity index (χ1v) is 5.34. The normalized spacial score (nSPS) is 52.5. The van der Waals surface area contributed by atoms with Crippen LogP contribution in [-0.4, -0.2) is 5.91 Å². The molecular weight excluding hydrogens is 162 g/mol. The molecule has 4 aliphatic carbocycles. The fourth-order valence-electron chi connectivity index (χ4n) is 4.07. The quantitative estimate of drug-likeness (QED) is 0.649. The van der Waals surface area contributed by atoms with Crippen LogP contribution < -0.4 is 5.73 Å². The van der Waals surface area contributed by atoms with E-state index in [2.05, 4.69) is 6.42 Å². The zero-order valence-electron chi connectivity index (χ0n) is 7.83. The van der Waals surface area contributed by atoms with Crippen LogP contribution in [0.15, 0.2) is 0 Å². The third kappa shape index (κ3) is 0.976. The summed E-state index contributed by atoms with van der Waals surface area (Å²) >= 11 is 0. The lowest BCUT2D eigenvalue weighted by molar-refractivity contribution is -0.135. The van der Waals surface area contributed by atoms with E-state index in [4.69, 9.17) is 5.73 Å². The van der Waals surface area contributed by atoms with Crippen LogP contribution in [0.1, 0.15) is 32.1 Å². The van der Waals surface area contributed by atoms with E-state index in [-0.39, 0.29) is 11.3 Å². The average molecular weight is 178 g/mol. The van der Waals surface area contributed by atoms with Crippen LogP contribution in [0.2, 0.25) is 0 Å². The Morgan fingerprint density at radius 3 is 2.31 bits per heavy atom. The molecule has 4 fully saturated rings. The Morgan fingerprint density at radius 1 is 1.23 bits per heavy atom. The van der Waals surface area contributed by atoms with Gasteiger partial charge in [-0.1, -0.05) is 0 Å². The Labute approximate surface area is 78.9 Å². The molecule has 4 rings (SSSR count). The van der Waals surface area contributed by atoms with E-state index >= 15 is 0 Å². The van der Waals surface area contributed by atoms with E-state index in [0.717, 1.165) is 24.7 Å². The van der Waals surface area contributed by atoms with Gasteiger partial charge in [0, 0.05) is 0 Å². The van der Waals surface area contributed by atoms with Crippen molar-refractivity contribution in [3.05, 3.63) is 6.42 Å². The number of carbonyl (C=O) groups is 1. The molecule has 2 nitrogen and oxygen atoms in total. The van der Waals surface area contributed by atoms with Crippen LogP contribution in [0.25, 0.3) is 0 Å². The zero-order valence-corrected chi connectivity index (χ0v) is 7.83. The van der Waals surface area contributed by atoms with Crippen molar-refractivity contribution in [2.45, 2.75) is 32.1 Å². The van der Waals surface area contributed by atoms with Gasteiger partial charge in [0.1, 0.15) is 0 Å². The Hall–Kier alpha value is -0.530. The number of carbonyl (C=O) groups excluding carboxylic acids is 1. The molecule has 4 bridgehead atoms. The number of primary amides is 1. The molecule has 0 aromatic carbocycles. The van der Waals surface area contributed by atoms with Crippen LogP contribution in [0, 0.1) is 29.6 Å². The summed E-state index contributed by atoms with van der Waals surface area (Å²) in [5.74, 6) is 2.25. The molecule has 0 spiro atoms. The lowest BCUT2D eigenvalue weighted by Crippen LogP contribution is -2.52. The molecule has 0 heterocycles. The molecule has 2 unspecified atom stereocenters. The first kappa shape index (κ1) is 7.84. The Kier molecular flexibility index (Phi) is 1.38. The largest absolute Gasteiger partial charge is 0.369 e. The van der Waals surface area contributed by atoms with Crippen molar-refractivity contribution in [1.82, 2.24) is 0 Å². The summed E-state index contributed by atoms with van der Waals surface area (Å²) in [6.07, 6.45) is 8.39. The van der Waals surface area contributed by atoms with Crippen LogP contribution >= 0.6 is 0 Å². The van der Waals surface area contributed by atoms with Crippen molar-refractivity contribution in [1.29, 1.82) is 0 Å². The van der Waals surface area contributed by atoms with Gasteiger partial charge in [-0.2, -0.15) is 0 Å². The maximum atomic E-state index is 11.4. The van der Waals surface area contributed by atoms with E-state index in [9.17, 15) is 4.79 Å². The molecule has 0 aromatic heterocycles. The van der Waals surface area contributed by atoms with Gasteiger partial charge < -0.3 is 5.73 Å². The first-order chi connectivity index (χ1) is 6.18. The van der Waals surface area contributed by atoms with Crippen LogP contribution in [0.3, 0.4) is 0 Å². The second-order valence-electron chi connectivity index (χ2n) is 5.29. The van der Waals surface area contributed by atoms with Gasteiger partial charge in [0.05, 0.1) is 5.41 Å². The summed E-state index contributed by atoms with van der Waals surface area (Å²) in [6, 6.07) is 0. The van der Waals surface area contributed by atoms with E-state index in [0.29, 0.717) is 5.92 Å². The predicted octanol–water partition coefficient (Wildman–Crippen LogP) is 1.50. The summed E-state index contributed by atoms with van der Waals surface area (Å²) in [6.45, 7) is 0. The smallest absolute Gasteiger partial charge is 0.223 e. The predicted molar refractivity (Wildman–Crippen MR) is 49.5 cm³/mol. The summed E-state index contributed by atoms with van der Waals surface area (Å²) in [5, 5.41) is 0. The molecule has 0 aromatic rings. The number of nitrogens with two attached hydrogens (primary N) is 1. The molecule has 0 saturated heterocycles. The molecule has 71 valence electrons. The van der Waals surface area contributed by atoms with Gasteiger partial charge in [-0.25, -0.2) is 0 Å². The van der Waals surface area contributed by atoms with Crippen LogP contribution in [0.4, 0.5) is 0 Å². The van der Waals surface area contributed by atoms with E-state index in [1.54, 1.807) is 0 Å². The van der Waals surface area contributed by atoms with Crippen LogP contribution in [-0.2, 0) is 4.79 Å². The molecule has 4 saturated carbocycles. The maximum absolute atomic E-state index is 11.4. The van der Waals surface area contributed by atoms with Crippen molar-refractivity contribution < 1.29 is 4.79 Å². The van der Waals surface area contributed by atoms with E-state index in [1.807, 2.05) is 0 Å². The molecule has 2 N–H and O–H groups in total. The number of rotatable bonds is 1. The summed E-state index contributed by atoms with van der Waals surface area (Å²) in [7, 11) is 0. The number of hydrogen-bond donors (Lipinski definition) is 1. The maximum Gasteiger partial charge on any atom is 0.223 e. The monoisotopic (exact) mass is 178 g/mol. The van der Waals surface area contributed by atoms with E-state index < -0.39 is 0 Å². The number of amides is 1. The van der Waals surface area contributed by atoms with Crippen LogP contribution in [0.5, 0.6) is 0 Å². The standard InChI is InChI=1S/C11H16NO/c12-10(13)11-4-7-1-8(5-11)3-9(2-7)6-11/h4,7-9H,1-3,5-6H2,(H2,12,13). The molecule has 0 aliphatic heterocycles. The summed E-state index contributed by atoms with van der Waals surface area (Å²) in [4.78, 5) is 11.4. The third-order valence-corrected chi connectivity index (χ3v) is 4.29. The van der Waals surface area contributed by atoms with Gasteiger partial charge in [-0.15, -0.1) is 0 Å². The van der Waals surface area contributed by atoms with Crippen molar-refractivity contribution in [3.63, 3.8) is 0 Å². The highest BCUT2D eigenvalue weighted by Gasteiger charge is 2.53. The van der Waals surface area contributed by atoms with Crippen molar-refractivity contribution in [2.75, 3.05) is 0 Å². The average Bonchev–Trinajstić information content (AvgIpc) is 2.00. The first-order valence-electron chi connectivity index (χ1n) is 5.34. The van der Waals surface area contributed by atoms with Crippen molar-refractivity contribution in [3.8, 4) is 0 Å². The van der Waals surface area contributed by atoms with Crippen molar-refractivity contribution in [2.24, 2.45) is 28.9 Å². The Balaban J connectivity index is 1.95. The molecule has 1 radical (unpaired) electrons. The van der Waals surface area contributed by atoms with Gasteiger partial charge in [-0.05, 0) is 56.3 Å². The molecule has 1 amide bonds. The lowest BCUT2D eigenvalue weighted by Gasteiger charge is -2.55. The highest BCUT2D eigenvalue weighted by molar-refractivity contribution is 5.83. The molecular formula is C11H16NO. The third-order valence-electron chi connectivity index (χ3n) is 4.29. The second-order valence-corrected chi connectivity index (χ2v) is 5.29. The minimum absolute atomic E-state index is 0.0633. The zero-order chi connectivity index (χ0) is 9.05. The molecule has 2 atom stereocenters. The molecule has 2 heteroatoms. The van der Waals surface area contributed by atoms with Crippen molar-refractivity contribution >= 4 is 5.91 Å². The minimum Gasteiger partial charge on any atom is -0.369 e. The van der Waals surface area contributed by atoms with Gasteiger partial charge in [-0.3, -0.25) is 4.79 Å². The van der Waals surface area contributed by atoms with Gasteiger partial charge in [0.15, 0.2) is 0 Å². The highest BCUT2D eigenvalue weighted by atomic mass is 16.1. The summed E-state index contributed by atoms with van der Waals surface area (Å²) < 4.78 is 0. The van der Waals surface area contributed by atoms with Gasteiger partial charge in [0.2, 0.25) is 5.91 Å². The second kappa shape index (κ2) is 2.28. The Morgan fingerprint density at radius 2 is 1.85 bits per heavy atom. The van der Waals surface area contributed by atoms with Gasteiger partial charge in [0.25, 0.3) is 0 Å². The molecule has 13 heavy (non-hydrogen) atoms. The lowest BCUT2D eigenvalue weighted by atomic mass is 9.49. The molecule has 4 aliphatic rings. The minimum atomic E-state index is -0.186. The number of hydrogen-bond acceptors (Lipinski definition) is 1. The Bertz CT molecular complexity index is 224. The highest BCUT2D eigenvalue weighted by Crippen LogP contribution is 2.59. The van der Waals surface area contributed by atoms with E-state index in [1.165, 1.54) is 19.3 Å².